The zero-order chi connectivity index (χ0) is 18.8. The highest BCUT2D eigenvalue weighted by atomic mass is 19.1. The Labute approximate surface area is 148 Å². The summed E-state index contributed by atoms with van der Waals surface area (Å²) in [6.07, 6.45) is 2.14. The topological polar surface area (TPSA) is 113 Å². The Morgan fingerprint density at radius 3 is 2.81 bits per heavy atom. The van der Waals surface area contributed by atoms with E-state index in [2.05, 4.69) is 20.3 Å². The molecule has 2 atom stereocenters. The van der Waals surface area contributed by atoms with Crippen LogP contribution in [-0.4, -0.2) is 61.4 Å². The molecule has 0 aliphatic carbocycles. The second-order valence-electron chi connectivity index (χ2n) is 6.75. The standard InChI is InChI=1S/C16H21FN6O3/c1-9(2)23-13(24)6-18-12-5-19-15(21-14(12)23)20-11-3-10(4-17)7-22(8-11)16(25)26/h5-6,9-11H,3-4,7-8H2,1-2H3,(H,25,26)(H,19,20,21)/t10-,11-/m0/s1. The molecular weight excluding hydrogens is 343 g/mol. The number of rotatable bonds is 4. The number of fused-ring (bicyclic) bond motifs is 1. The molecule has 1 amide bonds. The molecule has 2 N–H and O–H groups in total. The number of carboxylic acid groups (broad SMARTS) is 1. The van der Waals surface area contributed by atoms with Crippen molar-refractivity contribution < 1.29 is 14.3 Å². The van der Waals surface area contributed by atoms with E-state index in [0.717, 1.165) is 0 Å². The number of hydrogen-bond donors (Lipinski definition) is 2. The highest BCUT2D eigenvalue weighted by Gasteiger charge is 2.30. The van der Waals surface area contributed by atoms with Gasteiger partial charge in [-0.1, -0.05) is 0 Å². The third-order valence-electron chi connectivity index (χ3n) is 4.41. The number of anilines is 1. The van der Waals surface area contributed by atoms with Crippen molar-refractivity contribution in [3.05, 3.63) is 22.7 Å². The van der Waals surface area contributed by atoms with Gasteiger partial charge in [0.2, 0.25) is 5.95 Å². The van der Waals surface area contributed by atoms with Gasteiger partial charge in [-0.3, -0.25) is 13.8 Å². The van der Waals surface area contributed by atoms with E-state index in [1.165, 1.54) is 21.9 Å². The Hall–Kier alpha value is -2.78. The van der Waals surface area contributed by atoms with Gasteiger partial charge >= 0.3 is 6.09 Å². The van der Waals surface area contributed by atoms with Gasteiger partial charge in [0.25, 0.3) is 5.56 Å². The molecule has 3 heterocycles. The fraction of sp³-hybridized carbons (Fsp3) is 0.562. The lowest BCUT2D eigenvalue weighted by Crippen LogP contribution is -2.49. The summed E-state index contributed by atoms with van der Waals surface area (Å²) in [6, 6.07) is -0.419. The van der Waals surface area contributed by atoms with Gasteiger partial charge < -0.3 is 15.3 Å². The van der Waals surface area contributed by atoms with Gasteiger partial charge in [-0.15, -0.1) is 0 Å². The fourth-order valence-corrected chi connectivity index (χ4v) is 3.25. The quantitative estimate of drug-likeness (QED) is 0.845. The van der Waals surface area contributed by atoms with Gasteiger partial charge in [0.1, 0.15) is 5.52 Å². The van der Waals surface area contributed by atoms with Crippen molar-refractivity contribution in [2.45, 2.75) is 32.4 Å². The summed E-state index contributed by atoms with van der Waals surface area (Å²) in [4.78, 5) is 37.2. The van der Waals surface area contributed by atoms with Gasteiger partial charge in [0.15, 0.2) is 5.65 Å². The second kappa shape index (κ2) is 7.22. The van der Waals surface area contributed by atoms with Gasteiger partial charge in [0.05, 0.1) is 19.1 Å². The predicted octanol–water partition coefficient (Wildman–Crippen LogP) is 1.52. The predicted molar refractivity (Wildman–Crippen MR) is 93.1 cm³/mol. The maximum Gasteiger partial charge on any atom is 0.407 e. The molecule has 0 aromatic carbocycles. The van der Waals surface area contributed by atoms with Crippen LogP contribution in [-0.2, 0) is 0 Å². The third kappa shape index (κ3) is 3.58. The molecule has 140 valence electrons. The SMILES string of the molecule is CC(C)n1c(=O)cnc2cnc(N[C@H]3C[C@@H](CF)CN(C(=O)O)C3)nc21. The van der Waals surface area contributed by atoms with Gasteiger partial charge in [0, 0.05) is 31.1 Å². The number of amides is 1. The molecule has 2 aromatic heterocycles. The van der Waals surface area contributed by atoms with Crippen LogP contribution < -0.4 is 10.9 Å². The lowest BCUT2D eigenvalue weighted by atomic mass is 9.95. The molecule has 3 rings (SSSR count). The zero-order valence-electron chi connectivity index (χ0n) is 14.6. The number of aromatic nitrogens is 4. The number of alkyl halides is 1. The normalized spacial score (nSPS) is 20.5. The summed E-state index contributed by atoms with van der Waals surface area (Å²) < 4.78 is 14.6. The van der Waals surface area contributed by atoms with E-state index in [9.17, 15) is 19.1 Å². The summed E-state index contributed by atoms with van der Waals surface area (Å²) >= 11 is 0. The van der Waals surface area contributed by atoms with Crippen LogP contribution in [0.5, 0.6) is 0 Å². The van der Waals surface area contributed by atoms with Crippen LogP contribution in [0.25, 0.3) is 11.2 Å². The summed E-state index contributed by atoms with van der Waals surface area (Å²) in [7, 11) is 0. The number of piperidine rings is 1. The molecule has 1 aliphatic rings. The Kier molecular flexibility index (Phi) is 5.01. The van der Waals surface area contributed by atoms with Crippen molar-refractivity contribution in [2.24, 2.45) is 5.92 Å². The van der Waals surface area contributed by atoms with Crippen LogP contribution in [0.3, 0.4) is 0 Å². The summed E-state index contributed by atoms with van der Waals surface area (Å²) in [6.45, 7) is 3.55. The second-order valence-corrected chi connectivity index (χ2v) is 6.75. The van der Waals surface area contributed by atoms with Crippen molar-refractivity contribution in [2.75, 3.05) is 25.1 Å². The average Bonchev–Trinajstić information content (AvgIpc) is 2.60. The molecule has 0 radical (unpaired) electrons. The molecule has 10 heteroatoms. The summed E-state index contributed by atoms with van der Waals surface area (Å²) in [5.41, 5.74) is 0.628. The minimum absolute atomic E-state index is 0.108. The Balaban J connectivity index is 1.89. The number of nitrogens with one attached hydrogen (secondary N) is 1. The molecule has 1 aliphatic heterocycles. The van der Waals surface area contributed by atoms with Crippen LogP contribution in [0, 0.1) is 5.92 Å². The lowest BCUT2D eigenvalue weighted by molar-refractivity contribution is 0.109. The highest BCUT2D eigenvalue weighted by molar-refractivity contribution is 5.70. The molecular formula is C16H21FN6O3. The molecule has 0 unspecified atom stereocenters. The van der Waals surface area contributed by atoms with Crippen molar-refractivity contribution >= 4 is 23.2 Å². The van der Waals surface area contributed by atoms with E-state index in [4.69, 9.17) is 0 Å². The van der Waals surface area contributed by atoms with Crippen molar-refractivity contribution in [1.82, 2.24) is 24.4 Å². The van der Waals surface area contributed by atoms with Crippen molar-refractivity contribution in [3.63, 3.8) is 0 Å². The minimum atomic E-state index is -1.08. The zero-order valence-corrected chi connectivity index (χ0v) is 14.6. The monoisotopic (exact) mass is 364 g/mol. The van der Waals surface area contributed by atoms with Crippen molar-refractivity contribution in [1.29, 1.82) is 0 Å². The smallest absolute Gasteiger partial charge is 0.407 e. The molecule has 1 saturated heterocycles. The van der Waals surface area contributed by atoms with E-state index in [1.807, 2.05) is 13.8 Å². The van der Waals surface area contributed by atoms with Crippen LogP contribution in [0.15, 0.2) is 17.2 Å². The first-order valence-corrected chi connectivity index (χ1v) is 8.43. The van der Waals surface area contributed by atoms with Crippen LogP contribution in [0.1, 0.15) is 26.3 Å². The molecule has 0 bridgehead atoms. The Morgan fingerprint density at radius 2 is 2.15 bits per heavy atom. The molecule has 0 spiro atoms. The van der Waals surface area contributed by atoms with Crippen LogP contribution >= 0.6 is 0 Å². The number of likely N-dealkylation sites (tertiary alicyclic amines) is 1. The summed E-state index contributed by atoms with van der Waals surface area (Å²) in [5, 5.41) is 12.3. The van der Waals surface area contributed by atoms with Gasteiger partial charge in [-0.25, -0.2) is 14.8 Å². The Bertz CT molecular complexity index is 871. The highest BCUT2D eigenvalue weighted by Crippen LogP contribution is 2.21. The maximum atomic E-state index is 13.1. The van der Waals surface area contributed by atoms with Gasteiger partial charge in [-0.05, 0) is 20.3 Å². The first kappa shape index (κ1) is 18.0. The maximum absolute atomic E-state index is 13.1. The summed E-state index contributed by atoms with van der Waals surface area (Å²) in [5.74, 6) is -0.109. The number of carbonyl (C=O) groups is 1. The first-order valence-electron chi connectivity index (χ1n) is 8.43. The van der Waals surface area contributed by atoms with Crippen LogP contribution in [0.2, 0.25) is 0 Å². The van der Waals surface area contributed by atoms with E-state index < -0.39 is 12.8 Å². The van der Waals surface area contributed by atoms with Gasteiger partial charge in [-0.2, -0.15) is 4.98 Å². The Morgan fingerprint density at radius 1 is 1.38 bits per heavy atom. The van der Waals surface area contributed by atoms with E-state index in [1.54, 1.807) is 0 Å². The van der Waals surface area contributed by atoms with E-state index >= 15 is 0 Å². The number of hydrogen-bond acceptors (Lipinski definition) is 6. The number of halogens is 1. The fourth-order valence-electron chi connectivity index (χ4n) is 3.25. The third-order valence-corrected chi connectivity index (χ3v) is 4.41. The van der Waals surface area contributed by atoms with E-state index in [0.29, 0.717) is 17.6 Å². The molecule has 1 fully saturated rings. The molecule has 9 nitrogen and oxygen atoms in total. The largest absolute Gasteiger partial charge is 0.465 e. The average molecular weight is 364 g/mol. The molecule has 26 heavy (non-hydrogen) atoms. The molecule has 2 aromatic rings. The first-order chi connectivity index (χ1) is 12.4. The van der Waals surface area contributed by atoms with Crippen molar-refractivity contribution in [3.8, 4) is 0 Å². The minimum Gasteiger partial charge on any atom is -0.465 e. The van der Waals surface area contributed by atoms with E-state index in [-0.39, 0.29) is 42.6 Å². The number of nitrogens with zero attached hydrogens (tertiary/aromatic N) is 5. The molecule has 0 saturated carbocycles. The lowest BCUT2D eigenvalue weighted by Gasteiger charge is -2.35. The van der Waals surface area contributed by atoms with Crippen LogP contribution in [0.4, 0.5) is 15.1 Å².